The zero-order chi connectivity index (χ0) is 23.9. The van der Waals surface area contributed by atoms with E-state index in [1.807, 2.05) is 59.2 Å². The van der Waals surface area contributed by atoms with Crippen molar-refractivity contribution in [2.45, 2.75) is 32.1 Å². The number of para-hydroxylation sites is 1. The lowest BCUT2D eigenvalue weighted by Crippen LogP contribution is -2.44. The summed E-state index contributed by atoms with van der Waals surface area (Å²) >= 11 is 5.99. The van der Waals surface area contributed by atoms with Crippen LogP contribution in [0.1, 0.15) is 48.2 Å². The molecule has 5 rings (SSSR count). The zero-order valence-electron chi connectivity index (χ0n) is 19.6. The minimum Gasteiger partial charge on any atom is -0.493 e. The average Bonchev–Trinajstić information content (AvgIpc) is 3.48. The highest BCUT2D eigenvalue weighted by atomic mass is 35.5. The molecule has 0 bridgehead atoms. The highest BCUT2D eigenvalue weighted by Gasteiger charge is 2.43. The van der Waals surface area contributed by atoms with E-state index in [-0.39, 0.29) is 23.1 Å². The van der Waals surface area contributed by atoms with Gasteiger partial charge in [0.1, 0.15) is 0 Å². The van der Waals surface area contributed by atoms with Gasteiger partial charge in [0, 0.05) is 36.6 Å². The predicted octanol–water partition coefficient (Wildman–Crippen LogP) is 5.35. The van der Waals surface area contributed by atoms with Crippen molar-refractivity contribution in [3.05, 3.63) is 64.9 Å². The van der Waals surface area contributed by atoms with Crippen LogP contribution in [-0.2, 0) is 4.79 Å². The number of likely N-dealkylation sites (tertiary alicyclic amines) is 2. The Morgan fingerprint density at radius 1 is 1.03 bits per heavy atom. The smallest absolute Gasteiger partial charge is 0.289 e. The molecule has 1 spiro atoms. The van der Waals surface area contributed by atoms with Crippen molar-refractivity contribution in [2.75, 3.05) is 33.3 Å². The summed E-state index contributed by atoms with van der Waals surface area (Å²) in [6, 6.07) is 14.9. The second-order valence-electron chi connectivity index (χ2n) is 9.56. The van der Waals surface area contributed by atoms with Gasteiger partial charge in [0.2, 0.25) is 5.91 Å². The Morgan fingerprint density at radius 3 is 2.38 bits per heavy atom. The summed E-state index contributed by atoms with van der Waals surface area (Å²) in [4.78, 5) is 30.2. The van der Waals surface area contributed by atoms with E-state index >= 15 is 0 Å². The normalized spacial score (nSPS) is 18.4. The third-order valence-corrected chi connectivity index (χ3v) is 7.79. The van der Waals surface area contributed by atoms with Crippen LogP contribution in [0.25, 0.3) is 11.0 Å². The van der Waals surface area contributed by atoms with E-state index in [0.29, 0.717) is 35.2 Å². The molecule has 2 aliphatic rings. The number of piperidine rings is 1. The quantitative estimate of drug-likeness (QED) is 0.504. The van der Waals surface area contributed by atoms with E-state index in [1.54, 1.807) is 13.2 Å². The van der Waals surface area contributed by atoms with Gasteiger partial charge in [-0.3, -0.25) is 9.59 Å². The summed E-state index contributed by atoms with van der Waals surface area (Å²) in [5.41, 5.74) is 1.67. The summed E-state index contributed by atoms with van der Waals surface area (Å²) in [6.45, 7) is 4.82. The Labute approximate surface area is 204 Å². The number of ether oxygens (including phenoxy) is 1. The number of nitrogens with zero attached hydrogens (tertiary/aromatic N) is 2. The number of rotatable bonds is 4. The molecule has 2 amide bonds. The molecule has 2 aromatic carbocycles. The molecule has 1 unspecified atom stereocenters. The number of halogens is 1. The molecule has 0 N–H and O–H groups in total. The van der Waals surface area contributed by atoms with E-state index in [2.05, 4.69) is 0 Å². The van der Waals surface area contributed by atoms with Gasteiger partial charge in [-0.1, -0.05) is 35.9 Å². The Balaban J connectivity index is 1.21. The van der Waals surface area contributed by atoms with Crippen LogP contribution < -0.4 is 4.74 Å². The maximum Gasteiger partial charge on any atom is 0.289 e. The highest BCUT2D eigenvalue weighted by molar-refractivity contribution is 6.30. The number of amides is 2. The van der Waals surface area contributed by atoms with Crippen molar-refractivity contribution < 1.29 is 18.7 Å². The van der Waals surface area contributed by atoms with Crippen LogP contribution in [0.15, 0.2) is 52.9 Å². The molecular weight excluding hydrogens is 452 g/mol. The maximum absolute atomic E-state index is 13.2. The van der Waals surface area contributed by atoms with E-state index in [0.717, 1.165) is 43.3 Å². The highest BCUT2D eigenvalue weighted by Crippen LogP contribution is 2.42. The van der Waals surface area contributed by atoms with Crippen LogP contribution in [-0.4, -0.2) is 54.9 Å². The Morgan fingerprint density at radius 2 is 1.71 bits per heavy atom. The molecule has 0 radical (unpaired) electrons. The lowest BCUT2D eigenvalue weighted by atomic mass is 9.77. The minimum absolute atomic E-state index is 0.0866. The molecule has 3 aromatic rings. The molecule has 1 aromatic heterocycles. The lowest BCUT2D eigenvalue weighted by molar-refractivity contribution is -0.132. The van der Waals surface area contributed by atoms with E-state index in [4.69, 9.17) is 20.8 Å². The Kier molecular flexibility index (Phi) is 6.02. The summed E-state index contributed by atoms with van der Waals surface area (Å²) in [6.07, 6.45) is 2.76. The number of benzene rings is 2. The van der Waals surface area contributed by atoms with Crippen molar-refractivity contribution >= 4 is 34.4 Å². The SMILES string of the molecule is COc1cccc2cc(C(=O)N3CCC4(CC3)CCN(C(=O)C(C)c3ccc(Cl)cc3)C4)oc12. The molecule has 34 heavy (non-hydrogen) atoms. The molecule has 2 fully saturated rings. The fourth-order valence-corrected chi connectivity index (χ4v) is 5.47. The molecule has 3 heterocycles. The fourth-order valence-electron chi connectivity index (χ4n) is 5.34. The third kappa shape index (κ3) is 4.16. The number of furan rings is 1. The van der Waals surface area contributed by atoms with Crippen molar-refractivity contribution in [3.8, 4) is 5.75 Å². The fraction of sp³-hybridized carbons (Fsp3) is 0.407. The largest absolute Gasteiger partial charge is 0.493 e. The van der Waals surface area contributed by atoms with Crippen molar-refractivity contribution in [3.63, 3.8) is 0 Å². The first kappa shape index (κ1) is 22.8. The Hall–Kier alpha value is -2.99. The first-order valence-corrected chi connectivity index (χ1v) is 12.2. The summed E-state index contributed by atoms with van der Waals surface area (Å²) < 4.78 is 11.2. The van der Waals surface area contributed by atoms with Crippen LogP contribution >= 0.6 is 11.6 Å². The predicted molar refractivity (Wildman–Crippen MR) is 131 cm³/mol. The third-order valence-electron chi connectivity index (χ3n) is 7.54. The lowest BCUT2D eigenvalue weighted by Gasteiger charge is -2.39. The maximum atomic E-state index is 13.2. The van der Waals surface area contributed by atoms with Crippen LogP contribution in [0.4, 0.5) is 0 Å². The molecule has 1 atom stereocenters. The van der Waals surface area contributed by atoms with Gasteiger partial charge in [0.05, 0.1) is 13.0 Å². The van der Waals surface area contributed by atoms with Crippen LogP contribution in [0, 0.1) is 5.41 Å². The second-order valence-corrected chi connectivity index (χ2v) is 10.0. The van der Waals surface area contributed by atoms with E-state index < -0.39 is 0 Å². The first-order chi connectivity index (χ1) is 16.4. The van der Waals surface area contributed by atoms with Gasteiger partial charge < -0.3 is 19.0 Å². The minimum atomic E-state index is -0.195. The summed E-state index contributed by atoms with van der Waals surface area (Å²) in [7, 11) is 1.59. The summed E-state index contributed by atoms with van der Waals surface area (Å²) in [5, 5.41) is 1.53. The van der Waals surface area contributed by atoms with Gasteiger partial charge in [-0.15, -0.1) is 0 Å². The standard InChI is InChI=1S/C27H29ClN2O4/c1-18(19-6-8-21(28)9-7-19)25(31)30-15-12-27(17-30)10-13-29(14-11-27)26(32)23-16-20-4-3-5-22(33-2)24(20)34-23/h3-9,16,18H,10-15,17H2,1-2H3. The zero-order valence-corrected chi connectivity index (χ0v) is 20.3. The van der Waals surface area contributed by atoms with Crippen LogP contribution in [0.5, 0.6) is 5.75 Å². The summed E-state index contributed by atoms with van der Waals surface area (Å²) in [5.74, 6) is 0.844. The topological polar surface area (TPSA) is 63.0 Å². The molecule has 178 valence electrons. The molecule has 2 saturated heterocycles. The molecule has 0 aliphatic carbocycles. The second kappa shape index (κ2) is 8.99. The van der Waals surface area contributed by atoms with Crippen LogP contribution in [0.3, 0.4) is 0 Å². The molecule has 7 heteroatoms. The van der Waals surface area contributed by atoms with Crippen molar-refractivity contribution in [1.29, 1.82) is 0 Å². The average molecular weight is 481 g/mol. The van der Waals surface area contributed by atoms with Gasteiger partial charge in [0.25, 0.3) is 5.91 Å². The molecule has 0 saturated carbocycles. The number of fused-ring (bicyclic) bond motifs is 1. The van der Waals surface area contributed by atoms with E-state index in [1.165, 1.54) is 0 Å². The molecular formula is C27H29ClN2O4. The van der Waals surface area contributed by atoms with Crippen molar-refractivity contribution in [2.24, 2.45) is 5.41 Å². The van der Waals surface area contributed by atoms with E-state index in [9.17, 15) is 9.59 Å². The van der Waals surface area contributed by atoms with Gasteiger partial charge >= 0.3 is 0 Å². The monoisotopic (exact) mass is 480 g/mol. The van der Waals surface area contributed by atoms with Gasteiger partial charge in [-0.05, 0) is 61.4 Å². The number of carbonyl (C=O) groups is 2. The van der Waals surface area contributed by atoms with Crippen molar-refractivity contribution in [1.82, 2.24) is 9.80 Å². The van der Waals surface area contributed by atoms with Gasteiger partial charge in [-0.25, -0.2) is 0 Å². The number of hydrogen-bond donors (Lipinski definition) is 0. The number of hydrogen-bond acceptors (Lipinski definition) is 4. The van der Waals surface area contributed by atoms with Gasteiger partial charge in [0.15, 0.2) is 17.1 Å². The van der Waals surface area contributed by atoms with Gasteiger partial charge in [-0.2, -0.15) is 0 Å². The Bertz CT molecular complexity index is 1210. The van der Waals surface area contributed by atoms with Crippen LogP contribution in [0.2, 0.25) is 5.02 Å². The molecule has 2 aliphatic heterocycles. The number of methoxy groups -OCH3 is 1. The number of carbonyl (C=O) groups excluding carboxylic acids is 2. The first-order valence-electron chi connectivity index (χ1n) is 11.8. The molecule has 6 nitrogen and oxygen atoms in total.